The second-order valence-electron chi connectivity index (χ2n) is 4.88. The molecule has 114 valence electrons. The van der Waals surface area contributed by atoms with Gasteiger partial charge in [-0.1, -0.05) is 30.3 Å². The Labute approximate surface area is 124 Å². The van der Waals surface area contributed by atoms with Gasteiger partial charge >= 0.3 is 0 Å². The molecule has 2 amide bonds. The van der Waals surface area contributed by atoms with E-state index in [1.807, 2.05) is 30.3 Å². The normalized spacial score (nSPS) is 22.2. The van der Waals surface area contributed by atoms with E-state index >= 15 is 0 Å². The maximum absolute atomic E-state index is 12.3. The van der Waals surface area contributed by atoms with Crippen molar-refractivity contribution >= 4 is 11.8 Å². The summed E-state index contributed by atoms with van der Waals surface area (Å²) in [5.41, 5.74) is 0.875. The topological polar surface area (TPSA) is 67.9 Å². The molecule has 0 aliphatic carbocycles. The number of hydrogen-bond acceptors (Lipinski definition) is 4. The molecule has 1 aromatic rings. The van der Waals surface area contributed by atoms with Gasteiger partial charge in [0.1, 0.15) is 6.61 Å². The van der Waals surface area contributed by atoms with E-state index in [1.54, 1.807) is 19.1 Å². The number of benzene rings is 1. The molecule has 1 aliphatic rings. The summed E-state index contributed by atoms with van der Waals surface area (Å²) in [7, 11) is 3.26. The van der Waals surface area contributed by atoms with Crippen molar-refractivity contribution in [1.29, 1.82) is 0 Å². The van der Waals surface area contributed by atoms with Crippen LogP contribution in [-0.4, -0.2) is 56.7 Å². The number of morpholine rings is 1. The first kappa shape index (κ1) is 15.5. The van der Waals surface area contributed by atoms with Crippen molar-refractivity contribution in [3.05, 3.63) is 35.9 Å². The van der Waals surface area contributed by atoms with Gasteiger partial charge in [0.2, 0.25) is 5.91 Å². The second-order valence-corrected chi connectivity index (χ2v) is 4.88. The molecule has 1 N–H and O–H groups in total. The monoisotopic (exact) mass is 292 g/mol. The molecule has 1 fully saturated rings. The van der Waals surface area contributed by atoms with E-state index in [0.717, 1.165) is 5.56 Å². The highest BCUT2D eigenvalue weighted by molar-refractivity contribution is 5.86. The molecule has 6 heteroatoms. The van der Waals surface area contributed by atoms with Gasteiger partial charge in [-0.05, 0) is 5.56 Å². The van der Waals surface area contributed by atoms with Crippen molar-refractivity contribution in [2.24, 2.45) is 0 Å². The molecule has 0 spiro atoms. The van der Waals surface area contributed by atoms with Gasteiger partial charge in [-0.15, -0.1) is 0 Å². The Bertz CT molecular complexity index is 492. The predicted molar refractivity (Wildman–Crippen MR) is 76.6 cm³/mol. The van der Waals surface area contributed by atoms with Crippen LogP contribution in [0.2, 0.25) is 0 Å². The van der Waals surface area contributed by atoms with Crippen molar-refractivity contribution in [1.82, 2.24) is 10.2 Å². The van der Waals surface area contributed by atoms with Gasteiger partial charge in [0.25, 0.3) is 5.91 Å². The molecule has 0 unspecified atom stereocenters. The molecule has 2 rings (SSSR count). The third kappa shape index (κ3) is 3.59. The minimum absolute atomic E-state index is 0.0812. The molecular formula is C15H20N2O4. The fourth-order valence-electron chi connectivity index (χ4n) is 2.36. The Morgan fingerprint density at radius 2 is 2.14 bits per heavy atom. The molecule has 1 heterocycles. The summed E-state index contributed by atoms with van der Waals surface area (Å²) >= 11 is 0. The van der Waals surface area contributed by atoms with Crippen LogP contribution in [0.5, 0.6) is 0 Å². The largest absolute Gasteiger partial charge is 0.383 e. The molecular weight excluding hydrogens is 272 g/mol. The number of methoxy groups -OCH3 is 1. The second kappa shape index (κ2) is 7.19. The summed E-state index contributed by atoms with van der Waals surface area (Å²) in [5, 5.41) is 2.76. The summed E-state index contributed by atoms with van der Waals surface area (Å²) in [6.45, 7) is 0.764. The third-order valence-electron chi connectivity index (χ3n) is 3.49. The average Bonchev–Trinajstić information content (AvgIpc) is 2.50. The van der Waals surface area contributed by atoms with Crippen LogP contribution in [0.4, 0.5) is 0 Å². The zero-order chi connectivity index (χ0) is 15.2. The van der Waals surface area contributed by atoms with E-state index in [-0.39, 0.29) is 18.4 Å². The van der Waals surface area contributed by atoms with E-state index < -0.39 is 12.1 Å². The van der Waals surface area contributed by atoms with Crippen LogP contribution in [0.15, 0.2) is 30.3 Å². The van der Waals surface area contributed by atoms with Crippen LogP contribution < -0.4 is 5.32 Å². The Morgan fingerprint density at radius 3 is 2.81 bits per heavy atom. The lowest BCUT2D eigenvalue weighted by Crippen LogP contribution is -2.53. The van der Waals surface area contributed by atoms with Crippen molar-refractivity contribution in [3.8, 4) is 0 Å². The Balaban J connectivity index is 2.17. The first-order valence-electron chi connectivity index (χ1n) is 6.84. The number of carbonyl (C=O) groups excluding carboxylic acids is 2. The lowest BCUT2D eigenvalue weighted by atomic mass is 9.97. The number of rotatable bonds is 5. The molecule has 21 heavy (non-hydrogen) atoms. The summed E-state index contributed by atoms with van der Waals surface area (Å²) in [6.07, 6.45) is -0.716. The van der Waals surface area contributed by atoms with Crippen molar-refractivity contribution in [2.75, 3.05) is 33.9 Å². The lowest BCUT2D eigenvalue weighted by Gasteiger charge is -2.38. The van der Waals surface area contributed by atoms with Gasteiger partial charge < -0.3 is 19.7 Å². The van der Waals surface area contributed by atoms with Gasteiger partial charge in [0, 0.05) is 20.7 Å². The van der Waals surface area contributed by atoms with Crippen LogP contribution >= 0.6 is 0 Å². The van der Waals surface area contributed by atoms with Crippen LogP contribution in [0.25, 0.3) is 0 Å². The maximum Gasteiger partial charge on any atom is 0.251 e. The number of nitrogens with one attached hydrogen (secondary N) is 1. The van der Waals surface area contributed by atoms with Gasteiger partial charge in [-0.3, -0.25) is 9.59 Å². The maximum atomic E-state index is 12.3. The first-order valence-corrected chi connectivity index (χ1v) is 6.84. The zero-order valence-electron chi connectivity index (χ0n) is 12.2. The van der Waals surface area contributed by atoms with Crippen LogP contribution in [-0.2, 0) is 19.1 Å². The number of hydrogen-bond donors (Lipinski definition) is 1. The molecule has 1 aromatic carbocycles. The molecule has 0 bridgehead atoms. The Kier molecular flexibility index (Phi) is 5.30. The summed E-state index contributed by atoms with van der Waals surface area (Å²) in [4.78, 5) is 25.7. The SMILES string of the molecule is COCCNC(=O)[C@H]1OCC(=O)N(C)[C@H]1c1ccccc1. The fraction of sp³-hybridized carbons (Fsp3) is 0.467. The quantitative estimate of drug-likeness (QED) is 0.795. The van der Waals surface area contributed by atoms with Crippen molar-refractivity contribution in [2.45, 2.75) is 12.1 Å². The standard InChI is InChI=1S/C15H20N2O4/c1-17-12(18)10-21-14(15(19)16-8-9-20-2)13(17)11-6-4-3-5-7-11/h3-7,13-14H,8-10H2,1-2H3,(H,16,19)/t13-,14-/m0/s1. The van der Waals surface area contributed by atoms with Gasteiger partial charge in [0.05, 0.1) is 12.6 Å². The van der Waals surface area contributed by atoms with Crippen LogP contribution in [0, 0.1) is 0 Å². The predicted octanol–water partition coefficient (Wildman–Crippen LogP) is 0.348. The third-order valence-corrected chi connectivity index (χ3v) is 3.49. The van der Waals surface area contributed by atoms with Crippen LogP contribution in [0.1, 0.15) is 11.6 Å². The van der Waals surface area contributed by atoms with Crippen molar-refractivity contribution in [3.63, 3.8) is 0 Å². The van der Waals surface area contributed by atoms with Crippen molar-refractivity contribution < 1.29 is 19.1 Å². The van der Waals surface area contributed by atoms with E-state index in [9.17, 15) is 9.59 Å². The molecule has 0 saturated carbocycles. The highest BCUT2D eigenvalue weighted by Crippen LogP contribution is 2.28. The minimum Gasteiger partial charge on any atom is -0.383 e. The average molecular weight is 292 g/mol. The van der Waals surface area contributed by atoms with Crippen LogP contribution in [0.3, 0.4) is 0 Å². The lowest BCUT2D eigenvalue weighted by molar-refractivity contribution is -0.162. The summed E-state index contributed by atoms with van der Waals surface area (Å²) in [5.74, 6) is -0.370. The number of ether oxygens (including phenoxy) is 2. The molecule has 6 nitrogen and oxygen atoms in total. The molecule has 2 atom stereocenters. The molecule has 1 saturated heterocycles. The zero-order valence-corrected chi connectivity index (χ0v) is 12.2. The van der Waals surface area contributed by atoms with Gasteiger partial charge in [0.15, 0.2) is 6.10 Å². The number of carbonyl (C=O) groups is 2. The molecule has 1 aliphatic heterocycles. The highest BCUT2D eigenvalue weighted by Gasteiger charge is 2.39. The minimum atomic E-state index is -0.716. The first-order chi connectivity index (χ1) is 10.1. The molecule has 0 radical (unpaired) electrons. The van der Waals surface area contributed by atoms with E-state index in [4.69, 9.17) is 9.47 Å². The van der Waals surface area contributed by atoms with Gasteiger partial charge in [-0.2, -0.15) is 0 Å². The van der Waals surface area contributed by atoms with E-state index in [0.29, 0.717) is 13.2 Å². The summed E-state index contributed by atoms with van der Waals surface area (Å²) in [6, 6.07) is 9.00. The molecule has 0 aromatic heterocycles. The Morgan fingerprint density at radius 1 is 1.43 bits per heavy atom. The number of likely N-dealkylation sites (N-methyl/N-ethyl adjacent to an activating group) is 1. The summed E-state index contributed by atoms with van der Waals surface area (Å²) < 4.78 is 10.4. The number of nitrogens with zero attached hydrogens (tertiary/aromatic N) is 1. The highest BCUT2D eigenvalue weighted by atomic mass is 16.5. The number of amides is 2. The fourth-order valence-corrected chi connectivity index (χ4v) is 2.36. The Hall–Kier alpha value is -1.92. The van der Waals surface area contributed by atoms with Gasteiger partial charge in [-0.25, -0.2) is 0 Å². The van der Waals surface area contributed by atoms with E-state index in [1.165, 1.54) is 0 Å². The van der Waals surface area contributed by atoms with E-state index in [2.05, 4.69) is 5.32 Å². The smallest absolute Gasteiger partial charge is 0.251 e.